The van der Waals surface area contributed by atoms with Crippen LogP contribution in [-0.2, 0) is 12.8 Å². The standard InChI is InChI=1S/C23H34N4O/c1-4-27(5-2)21(17-20-9-7-6-8-10-20)18-26-23(24)25-16-15-19-11-13-22(28-3)14-12-19/h6-14,21H,4-5,15-18H2,1-3H3,(H3,24,25,26). The van der Waals surface area contributed by atoms with Gasteiger partial charge in [0.1, 0.15) is 5.75 Å². The molecule has 0 heterocycles. The van der Waals surface area contributed by atoms with E-state index in [9.17, 15) is 0 Å². The first kappa shape index (κ1) is 21.8. The number of benzene rings is 2. The largest absolute Gasteiger partial charge is 0.497 e. The van der Waals surface area contributed by atoms with Crippen molar-refractivity contribution < 1.29 is 4.74 Å². The Kier molecular flexibility index (Phi) is 9.35. The summed E-state index contributed by atoms with van der Waals surface area (Å²) in [6, 6.07) is 19.0. The second-order valence-corrected chi connectivity index (χ2v) is 6.82. The highest BCUT2D eigenvalue weighted by atomic mass is 16.5. The summed E-state index contributed by atoms with van der Waals surface area (Å²) in [5, 5.41) is 3.23. The molecule has 0 aliphatic carbocycles. The predicted octanol–water partition coefficient (Wildman–Crippen LogP) is 3.10. The van der Waals surface area contributed by atoms with E-state index in [1.165, 1.54) is 11.1 Å². The van der Waals surface area contributed by atoms with E-state index in [4.69, 9.17) is 10.5 Å². The maximum Gasteiger partial charge on any atom is 0.188 e. The molecule has 3 N–H and O–H groups in total. The van der Waals surface area contributed by atoms with Crippen LogP contribution in [0.4, 0.5) is 0 Å². The van der Waals surface area contributed by atoms with Crippen LogP contribution in [0.5, 0.6) is 5.75 Å². The number of nitrogens with zero attached hydrogens (tertiary/aromatic N) is 2. The lowest BCUT2D eigenvalue weighted by Crippen LogP contribution is -2.40. The maximum absolute atomic E-state index is 6.11. The van der Waals surface area contributed by atoms with E-state index in [1.807, 2.05) is 12.1 Å². The number of hydrogen-bond donors (Lipinski definition) is 2. The number of aliphatic imine (C=N–C) groups is 1. The summed E-state index contributed by atoms with van der Waals surface area (Å²) in [7, 11) is 1.68. The molecule has 0 saturated carbocycles. The Bertz CT molecular complexity index is 696. The zero-order valence-electron chi connectivity index (χ0n) is 17.4. The van der Waals surface area contributed by atoms with Gasteiger partial charge >= 0.3 is 0 Å². The second kappa shape index (κ2) is 12.0. The van der Waals surface area contributed by atoms with Crippen molar-refractivity contribution in [3.05, 3.63) is 65.7 Å². The monoisotopic (exact) mass is 382 g/mol. The Hall–Kier alpha value is -2.53. The fraction of sp³-hybridized carbons (Fsp3) is 0.435. The van der Waals surface area contributed by atoms with Gasteiger partial charge < -0.3 is 15.8 Å². The molecular formula is C23H34N4O. The van der Waals surface area contributed by atoms with Crippen molar-refractivity contribution in [3.8, 4) is 5.75 Å². The van der Waals surface area contributed by atoms with Crippen molar-refractivity contribution >= 4 is 5.96 Å². The molecule has 2 aromatic carbocycles. The molecule has 2 rings (SSSR count). The first-order chi connectivity index (χ1) is 13.7. The highest BCUT2D eigenvalue weighted by Crippen LogP contribution is 2.11. The minimum Gasteiger partial charge on any atom is -0.497 e. The molecule has 5 heteroatoms. The number of nitrogens with two attached hydrogens (primary N) is 1. The third-order valence-electron chi connectivity index (χ3n) is 4.99. The summed E-state index contributed by atoms with van der Waals surface area (Å²) in [6.45, 7) is 7.86. The molecule has 0 spiro atoms. The third kappa shape index (κ3) is 7.24. The molecule has 2 aromatic rings. The van der Waals surface area contributed by atoms with Crippen molar-refractivity contribution in [2.75, 3.05) is 33.3 Å². The van der Waals surface area contributed by atoms with Gasteiger partial charge in [0.15, 0.2) is 5.96 Å². The van der Waals surface area contributed by atoms with Crippen LogP contribution in [0, 0.1) is 0 Å². The number of nitrogens with one attached hydrogen (secondary N) is 1. The Morgan fingerprint density at radius 3 is 2.32 bits per heavy atom. The number of methoxy groups -OCH3 is 1. The molecule has 0 aromatic heterocycles. The van der Waals surface area contributed by atoms with Gasteiger partial charge in [-0.15, -0.1) is 0 Å². The van der Waals surface area contributed by atoms with Gasteiger partial charge in [0.05, 0.1) is 13.7 Å². The molecular weight excluding hydrogens is 348 g/mol. The van der Waals surface area contributed by atoms with E-state index in [2.05, 4.69) is 71.5 Å². The Balaban J connectivity index is 1.86. The van der Waals surface area contributed by atoms with Crippen molar-refractivity contribution in [3.63, 3.8) is 0 Å². The lowest BCUT2D eigenvalue weighted by Gasteiger charge is -2.28. The van der Waals surface area contributed by atoms with Gasteiger partial charge in [-0.3, -0.25) is 9.89 Å². The van der Waals surface area contributed by atoms with Crippen LogP contribution < -0.4 is 15.8 Å². The van der Waals surface area contributed by atoms with E-state index in [0.717, 1.165) is 38.2 Å². The summed E-state index contributed by atoms with van der Waals surface area (Å²) in [6.07, 6.45) is 1.87. The van der Waals surface area contributed by atoms with Crippen LogP contribution in [-0.4, -0.2) is 50.2 Å². The summed E-state index contributed by atoms with van der Waals surface area (Å²) in [5.41, 5.74) is 8.68. The topological polar surface area (TPSA) is 62.9 Å². The normalized spacial score (nSPS) is 12.8. The molecule has 0 radical (unpaired) electrons. The van der Waals surface area contributed by atoms with E-state index in [-0.39, 0.29) is 0 Å². The van der Waals surface area contributed by atoms with Crippen LogP contribution in [0.1, 0.15) is 25.0 Å². The smallest absolute Gasteiger partial charge is 0.188 e. The highest BCUT2D eigenvalue weighted by Gasteiger charge is 2.16. The van der Waals surface area contributed by atoms with E-state index >= 15 is 0 Å². The van der Waals surface area contributed by atoms with Crippen LogP contribution in [0.25, 0.3) is 0 Å². The molecule has 0 amide bonds. The Morgan fingerprint density at radius 1 is 1.04 bits per heavy atom. The Morgan fingerprint density at radius 2 is 1.71 bits per heavy atom. The second-order valence-electron chi connectivity index (χ2n) is 6.82. The van der Waals surface area contributed by atoms with Crippen molar-refractivity contribution in [1.29, 1.82) is 0 Å². The summed E-state index contributed by atoms with van der Waals surface area (Å²) in [5.74, 6) is 1.39. The average molecular weight is 383 g/mol. The van der Waals surface area contributed by atoms with E-state index in [1.54, 1.807) is 7.11 Å². The summed E-state index contributed by atoms with van der Waals surface area (Å²) >= 11 is 0. The highest BCUT2D eigenvalue weighted by molar-refractivity contribution is 5.77. The van der Waals surface area contributed by atoms with Gasteiger partial charge in [-0.05, 0) is 49.2 Å². The summed E-state index contributed by atoms with van der Waals surface area (Å²) < 4.78 is 5.19. The van der Waals surface area contributed by atoms with Gasteiger partial charge in [-0.2, -0.15) is 0 Å². The first-order valence-corrected chi connectivity index (χ1v) is 10.1. The predicted molar refractivity (Wildman–Crippen MR) is 118 cm³/mol. The lowest BCUT2D eigenvalue weighted by atomic mass is 10.0. The zero-order chi connectivity index (χ0) is 20.2. The molecule has 0 fully saturated rings. The quantitative estimate of drug-likeness (QED) is 0.463. The number of hydrogen-bond acceptors (Lipinski definition) is 3. The van der Waals surface area contributed by atoms with Gasteiger partial charge in [-0.1, -0.05) is 56.3 Å². The fourth-order valence-corrected chi connectivity index (χ4v) is 3.32. The molecule has 0 bridgehead atoms. The third-order valence-corrected chi connectivity index (χ3v) is 4.99. The van der Waals surface area contributed by atoms with Gasteiger partial charge in [0.2, 0.25) is 0 Å². The molecule has 0 aliphatic rings. The van der Waals surface area contributed by atoms with Crippen LogP contribution >= 0.6 is 0 Å². The summed E-state index contributed by atoms with van der Waals surface area (Å²) in [4.78, 5) is 7.06. The molecule has 1 unspecified atom stereocenters. The first-order valence-electron chi connectivity index (χ1n) is 10.1. The number of guanidine groups is 1. The van der Waals surface area contributed by atoms with E-state index in [0.29, 0.717) is 18.5 Å². The minimum atomic E-state index is 0.347. The van der Waals surface area contributed by atoms with Crippen LogP contribution in [0.3, 0.4) is 0 Å². The van der Waals surface area contributed by atoms with Crippen molar-refractivity contribution in [2.24, 2.45) is 10.7 Å². The van der Waals surface area contributed by atoms with Crippen molar-refractivity contribution in [1.82, 2.24) is 10.2 Å². The molecule has 28 heavy (non-hydrogen) atoms. The number of ether oxygens (including phenoxy) is 1. The van der Waals surface area contributed by atoms with Crippen molar-refractivity contribution in [2.45, 2.75) is 32.7 Å². The molecule has 0 saturated heterocycles. The van der Waals surface area contributed by atoms with Gasteiger partial charge in [-0.25, -0.2) is 0 Å². The average Bonchev–Trinajstić information content (AvgIpc) is 2.74. The van der Waals surface area contributed by atoms with E-state index < -0.39 is 0 Å². The van der Waals surface area contributed by atoms with Gasteiger partial charge in [0, 0.05) is 12.6 Å². The number of likely N-dealkylation sites (N-methyl/N-ethyl adjacent to an activating group) is 1. The SMILES string of the molecule is CCN(CC)C(CN=C(N)NCCc1ccc(OC)cc1)Cc1ccccc1. The molecule has 1 atom stereocenters. The fourth-order valence-electron chi connectivity index (χ4n) is 3.32. The lowest BCUT2D eigenvalue weighted by molar-refractivity contribution is 0.220. The van der Waals surface area contributed by atoms with Crippen LogP contribution in [0.15, 0.2) is 59.6 Å². The van der Waals surface area contributed by atoms with Gasteiger partial charge in [0.25, 0.3) is 0 Å². The zero-order valence-corrected chi connectivity index (χ0v) is 17.4. The molecule has 152 valence electrons. The Labute approximate surface area is 169 Å². The number of rotatable bonds is 11. The maximum atomic E-state index is 6.11. The molecule has 5 nitrogen and oxygen atoms in total. The van der Waals surface area contributed by atoms with Crippen LogP contribution in [0.2, 0.25) is 0 Å². The minimum absolute atomic E-state index is 0.347. The molecule has 0 aliphatic heterocycles.